The minimum Gasteiger partial charge on any atom is -0.467 e. The number of aromatic nitrogens is 1. The highest BCUT2D eigenvalue weighted by Crippen LogP contribution is 2.33. The van der Waals surface area contributed by atoms with E-state index in [0.29, 0.717) is 11.3 Å². The van der Waals surface area contributed by atoms with Gasteiger partial charge < -0.3 is 14.2 Å². The zero-order chi connectivity index (χ0) is 20.4. The highest BCUT2D eigenvalue weighted by atomic mass is 79.9. The van der Waals surface area contributed by atoms with E-state index in [4.69, 9.17) is 8.83 Å². The monoisotopic (exact) mass is 472 g/mol. The Balaban J connectivity index is 1.77. The third-order valence-corrected chi connectivity index (χ3v) is 6.48. The first kappa shape index (κ1) is 19.5. The van der Waals surface area contributed by atoms with Crippen molar-refractivity contribution in [3.05, 3.63) is 82.7 Å². The van der Waals surface area contributed by atoms with Crippen LogP contribution in [-0.2, 0) is 16.4 Å². The molecule has 0 bridgehead atoms. The molecule has 0 atom stereocenters. The summed E-state index contributed by atoms with van der Waals surface area (Å²) in [7, 11) is -3.89. The molecule has 4 rings (SSSR count). The van der Waals surface area contributed by atoms with Gasteiger partial charge in [0, 0.05) is 10.0 Å². The van der Waals surface area contributed by atoms with E-state index in [0.717, 1.165) is 10.0 Å². The maximum atomic E-state index is 13.2. The van der Waals surface area contributed by atoms with Crippen LogP contribution < -0.4 is 5.32 Å². The van der Waals surface area contributed by atoms with Gasteiger partial charge in [0.1, 0.15) is 5.76 Å². The fourth-order valence-electron chi connectivity index (χ4n) is 2.73. The van der Waals surface area contributed by atoms with Gasteiger partial charge >= 0.3 is 0 Å². The molecule has 8 heteroatoms. The molecule has 0 fully saturated rings. The first-order chi connectivity index (χ1) is 13.9. The highest BCUT2D eigenvalue weighted by Gasteiger charge is 2.28. The zero-order valence-electron chi connectivity index (χ0n) is 15.4. The number of aryl methyl sites for hydroxylation is 1. The Morgan fingerprint density at radius 2 is 1.76 bits per heavy atom. The van der Waals surface area contributed by atoms with Crippen molar-refractivity contribution >= 4 is 31.7 Å². The molecule has 0 spiro atoms. The molecule has 0 aliphatic heterocycles. The SMILES string of the molecule is Cc1ccc(-c2nc(S(=O)(=O)c3ccc(Br)cc3)c(NCc3ccco3)o2)cc1. The molecule has 4 aromatic rings. The van der Waals surface area contributed by atoms with Crippen molar-refractivity contribution in [1.29, 1.82) is 0 Å². The molecule has 0 radical (unpaired) electrons. The maximum absolute atomic E-state index is 13.2. The van der Waals surface area contributed by atoms with Gasteiger partial charge in [0.05, 0.1) is 17.7 Å². The summed E-state index contributed by atoms with van der Waals surface area (Å²) in [6.45, 7) is 2.23. The molecule has 2 aromatic heterocycles. The molecule has 0 saturated heterocycles. The molecule has 0 unspecified atom stereocenters. The normalized spacial score (nSPS) is 11.5. The van der Waals surface area contributed by atoms with Gasteiger partial charge in [0.15, 0.2) is 0 Å². The van der Waals surface area contributed by atoms with E-state index in [1.165, 1.54) is 12.1 Å². The number of furan rings is 1. The minimum absolute atomic E-state index is 0.0693. The quantitative estimate of drug-likeness (QED) is 0.401. The second kappa shape index (κ2) is 7.88. The molecule has 0 aliphatic rings. The molecule has 0 aliphatic carbocycles. The molecule has 0 saturated carbocycles. The molecule has 29 heavy (non-hydrogen) atoms. The van der Waals surface area contributed by atoms with Crippen LogP contribution in [0.2, 0.25) is 0 Å². The van der Waals surface area contributed by atoms with E-state index in [2.05, 4.69) is 26.2 Å². The highest BCUT2D eigenvalue weighted by molar-refractivity contribution is 9.10. The smallest absolute Gasteiger partial charge is 0.234 e. The van der Waals surface area contributed by atoms with Crippen molar-refractivity contribution in [2.45, 2.75) is 23.4 Å². The second-order valence-corrected chi connectivity index (χ2v) is 9.19. The second-order valence-electron chi connectivity index (χ2n) is 6.41. The predicted molar refractivity (Wildman–Crippen MR) is 112 cm³/mol. The van der Waals surface area contributed by atoms with Crippen LogP contribution in [0.15, 0.2) is 90.2 Å². The number of oxazole rings is 1. The summed E-state index contributed by atoms with van der Waals surface area (Å²) in [5.41, 5.74) is 1.77. The summed E-state index contributed by atoms with van der Waals surface area (Å²) < 4.78 is 38.4. The predicted octanol–water partition coefficient (Wildman–Crippen LogP) is 5.45. The molecule has 0 amide bonds. The molecule has 6 nitrogen and oxygen atoms in total. The van der Waals surface area contributed by atoms with E-state index in [1.807, 2.05) is 31.2 Å². The van der Waals surface area contributed by atoms with Crippen molar-refractivity contribution in [3.8, 4) is 11.5 Å². The van der Waals surface area contributed by atoms with Gasteiger partial charge in [0.25, 0.3) is 0 Å². The topological polar surface area (TPSA) is 85.3 Å². The van der Waals surface area contributed by atoms with Crippen LogP contribution in [0.4, 0.5) is 5.88 Å². The summed E-state index contributed by atoms with van der Waals surface area (Å²) >= 11 is 3.32. The Morgan fingerprint density at radius 1 is 1.03 bits per heavy atom. The third-order valence-electron chi connectivity index (χ3n) is 4.28. The van der Waals surface area contributed by atoms with E-state index in [-0.39, 0.29) is 28.2 Å². The van der Waals surface area contributed by atoms with E-state index in [1.54, 1.807) is 30.5 Å². The molecular weight excluding hydrogens is 456 g/mol. The van der Waals surface area contributed by atoms with Gasteiger partial charge in [-0.05, 0) is 55.5 Å². The van der Waals surface area contributed by atoms with Crippen LogP contribution in [-0.4, -0.2) is 13.4 Å². The molecular formula is C21H17BrN2O4S. The number of hydrogen-bond donors (Lipinski definition) is 1. The minimum atomic E-state index is -3.89. The first-order valence-corrected chi connectivity index (χ1v) is 11.1. The number of benzene rings is 2. The fourth-order valence-corrected chi connectivity index (χ4v) is 4.27. The first-order valence-electron chi connectivity index (χ1n) is 8.78. The summed E-state index contributed by atoms with van der Waals surface area (Å²) in [4.78, 5) is 4.45. The van der Waals surface area contributed by atoms with Crippen LogP contribution in [0.3, 0.4) is 0 Å². The van der Waals surface area contributed by atoms with Gasteiger partial charge in [-0.2, -0.15) is 4.98 Å². The van der Waals surface area contributed by atoms with Crippen LogP contribution >= 0.6 is 15.9 Å². The number of rotatable bonds is 6. The van der Waals surface area contributed by atoms with Crippen molar-refractivity contribution in [2.24, 2.45) is 0 Å². The number of sulfone groups is 1. The third kappa shape index (κ3) is 4.13. The number of nitrogens with zero attached hydrogens (tertiary/aromatic N) is 1. The lowest BCUT2D eigenvalue weighted by molar-refractivity contribution is 0.511. The number of hydrogen-bond acceptors (Lipinski definition) is 6. The van der Waals surface area contributed by atoms with Crippen molar-refractivity contribution in [2.75, 3.05) is 5.32 Å². The lowest BCUT2D eigenvalue weighted by Crippen LogP contribution is -2.07. The Bertz CT molecular complexity index is 1210. The fraction of sp³-hybridized carbons (Fsp3) is 0.0952. The Labute approximate surface area is 176 Å². The zero-order valence-corrected chi connectivity index (χ0v) is 17.8. The summed E-state index contributed by atoms with van der Waals surface area (Å²) in [6, 6.07) is 17.4. The van der Waals surface area contributed by atoms with E-state index in [9.17, 15) is 8.42 Å². The van der Waals surface area contributed by atoms with Crippen LogP contribution in [0, 0.1) is 6.92 Å². The van der Waals surface area contributed by atoms with Gasteiger partial charge in [0.2, 0.25) is 26.6 Å². The van der Waals surface area contributed by atoms with E-state index >= 15 is 0 Å². The summed E-state index contributed by atoms with van der Waals surface area (Å²) in [5.74, 6) is 0.938. The molecule has 2 heterocycles. The van der Waals surface area contributed by atoms with Crippen LogP contribution in [0.1, 0.15) is 11.3 Å². The number of anilines is 1. The molecule has 148 valence electrons. The Morgan fingerprint density at radius 3 is 2.41 bits per heavy atom. The van der Waals surface area contributed by atoms with Gasteiger partial charge in [-0.25, -0.2) is 8.42 Å². The van der Waals surface area contributed by atoms with E-state index < -0.39 is 9.84 Å². The van der Waals surface area contributed by atoms with Crippen LogP contribution in [0.25, 0.3) is 11.5 Å². The lowest BCUT2D eigenvalue weighted by Gasteiger charge is -2.05. The van der Waals surface area contributed by atoms with Gasteiger partial charge in [-0.3, -0.25) is 0 Å². The summed E-state index contributed by atoms with van der Waals surface area (Å²) in [6.07, 6.45) is 1.55. The van der Waals surface area contributed by atoms with Crippen molar-refractivity contribution < 1.29 is 17.3 Å². The Hall–Kier alpha value is -2.84. The van der Waals surface area contributed by atoms with Gasteiger partial charge in [-0.1, -0.05) is 33.6 Å². The van der Waals surface area contributed by atoms with Crippen molar-refractivity contribution in [3.63, 3.8) is 0 Å². The average Bonchev–Trinajstić information content (AvgIpc) is 3.37. The molecule has 2 aromatic carbocycles. The van der Waals surface area contributed by atoms with Crippen molar-refractivity contribution in [1.82, 2.24) is 4.98 Å². The largest absolute Gasteiger partial charge is 0.467 e. The number of halogens is 1. The van der Waals surface area contributed by atoms with Gasteiger partial charge in [-0.15, -0.1) is 0 Å². The number of nitrogens with one attached hydrogen (secondary N) is 1. The summed E-state index contributed by atoms with van der Waals surface area (Å²) in [5, 5.41) is 2.83. The standard InChI is InChI=1S/C21H17BrN2O4S/c1-14-4-6-15(7-5-14)19-24-21(20(28-19)23-13-17-3-2-12-27-17)29(25,26)18-10-8-16(22)9-11-18/h2-12,23H,13H2,1H3. The lowest BCUT2D eigenvalue weighted by atomic mass is 10.1. The average molecular weight is 473 g/mol. The van der Waals surface area contributed by atoms with Crippen LogP contribution in [0.5, 0.6) is 0 Å². The molecule has 1 N–H and O–H groups in total. The Kier molecular flexibility index (Phi) is 5.29. The maximum Gasteiger partial charge on any atom is 0.234 e.